The maximum atomic E-state index is 12.1. The number of carboxylic acids is 1. The minimum absolute atomic E-state index is 0.435. The highest BCUT2D eigenvalue weighted by molar-refractivity contribution is 6.01. The average molecular weight is 318 g/mol. The van der Waals surface area contributed by atoms with E-state index in [1.807, 2.05) is 55.1 Å². The van der Waals surface area contributed by atoms with E-state index < -0.39 is 5.97 Å². The summed E-state index contributed by atoms with van der Waals surface area (Å²) in [6, 6.07) is 9.93. The molecule has 0 spiro atoms. The molecule has 0 bridgehead atoms. The number of rotatable bonds is 2. The Morgan fingerprint density at radius 1 is 1.12 bits per heavy atom. The quantitative estimate of drug-likeness (QED) is 0.780. The molecule has 0 fully saturated rings. The molecule has 2 aromatic heterocycles. The lowest BCUT2D eigenvalue weighted by atomic mass is 9.89. The maximum absolute atomic E-state index is 12.1. The molecule has 24 heavy (non-hydrogen) atoms. The van der Waals surface area contributed by atoms with Crippen molar-refractivity contribution in [1.29, 1.82) is 0 Å². The fourth-order valence-electron chi connectivity index (χ4n) is 3.83. The molecule has 0 atom stereocenters. The molecule has 0 saturated heterocycles. The van der Waals surface area contributed by atoms with Crippen LogP contribution in [0.5, 0.6) is 0 Å². The number of carboxylic acid groups (broad SMARTS) is 1. The van der Waals surface area contributed by atoms with Gasteiger partial charge in [0.1, 0.15) is 0 Å². The van der Waals surface area contributed by atoms with Crippen molar-refractivity contribution in [3.8, 4) is 22.5 Å². The van der Waals surface area contributed by atoms with Crippen LogP contribution in [0, 0.1) is 6.92 Å². The van der Waals surface area contributed by atoms with Gasteiger partial charge in [0, 0.05) is 30.6 Å². The van der Waals surface area contributed by atoms with Gasteiger partial charge in [0.15, 0.2) is 0 Å². The Kier molecular flexibility index (Phi) is 3.27. The van der Waals surface area contributed by atoms with Crippen molar-refractivity contribution in [2.24, 2.45) is 7.05 Å². The first-order valence-corrected chi connectivity index (χ1v) is 8.03. The van der Waals surface area contributed by atoms with E-state index in [1.54, 1.807) is 6.20 Å². The minimum atomic E-state index is -0.859. The topological polar surface area (TPSA) is 55.1 Å². The third-order valence-electron chi connectivity index (χ3n) is 4.91. The second-order valence-corrected chi connectivity index (χ2v) is 6.26. The minimum Gasteiger partial charge on any atom is -0.478 e. The van der Waals surface area contributed by atoms with Crippen LogP contribution in [-0.4, -0.2) is 20.6 Å². The Bertz CT molecular complexity index is 970. The number of aromatic nitrogens is 2. The summed E-state index contributed by atoms with van der Waals surface area (Å²) in [5, 5.41) is 9.91. The molecule has 4 rings (SSSR count). The van der Waals surface area contributed by atoms with Crippen LogP contribution in [0.15, 0.2) is 42.7 Å². The molecule has 0 radical (unpaired) electrons. The number of nitrogens with zero attached hydrogens (tertiary/aromatic N) is 2. The summed E-state index contributed by atoms with van der Waals surface area (Å²) < 4.78 is 2.04. The number of hydrogen-bond acceptors (Lipinski definition) is 2. The molecule has 0 saturated carbocycles. The van der Waals surface area contributed by atoms with Crippen molar-refractivity contribution in [3.63, 3.8) is 0 Å². The third-order valence-corrected chi connectivity index (χ3v) is 4.91. The first-order valence-electron chi connectivity index (χ1n) is 8.03. The molecule has 0 unspecified atom stereocenters. The van der Waals surface area contributed by atoms with E-state index >= 15 is 0 Å². The summed E-state index contributed by atoms with van der Waals surface area (Å²) in [7, 11) is 1.96. The Morgan fingerprint density at radius 3 is 2.67 bits per heavy atom. The van der Waals surface area contributed by atoms with E-state index in [0.717, 1.165) is 46.5 Å². The highest BCUT2D eigenvalue weighted by Crippen LogP contribution is 2.42. The van der Waals surface area contributed by atoms with E-state index in [-0.39, 0.29) is 0 Å². The fraction of sp³-hybridized carbons (Fsp3) is 0.200. The number of benzene rings is 1. The fourth-order valence-corrected chi connectivity index (χ4v) is 3.83. The molecule has 1 aromatic carbocycles. The van der Waals surface area contributed by atoms with E-state index in [4.69, 9.17) is 0 Å². The molecule has 2 heterocycles. The highest BCUT2D eigenvalue weighted by atomic mass is 16.4. The normalized spacial score (nSPS) is 12.6. The largest absolute Gasteiger partial charge is 0.478 e. The van der Waals surface area contributed by atoms with Crippen LogP contribution >= 0.6 is 0 Å². The lowest BCUT2D eigenvalue weighted by Gasteiger charge is -2.18. The van der Waals surface area contributed by atoms with E-state index in [9.17, 15) is 9.90 Å². The number of hydrogen-bond donors (Lipinski definition) is 1. The second kappa shape index (κ2) is 5.34. The molecule has 3 aromatic rings. The van der Waals surface area contributed by atoms with Gasteiger partial charge in [-0.05, 0) is 42.5 Å². The lowest BCUT2D eigenvalue weighted by molar-refractivity contribution is 0.0696. The lowest BCUT2D eigenvalue weighted by Crippen LogP contribution is -2.08. The molecular weight excluding hydrogens is 300 g/mol. The Labute approximate surface area is 140 Å². The number of carbonyl (C=O) groups is 1. The van der Waals surface area contributed by atoms with Crippen LogP contribution in [-0.2, 0) is 19.9 Å². The summed E-state index contributed by atoms with van der Waals surface area (Å²) in [4.78, 5) is 16.3. The molecule has 120 valence electrons. The molecule has 4 heteroatoms. The Morgan fingerprint density at radius 2 is 1.92 bits per heavy atom. The van der Waals surface area contributed by atoms with Crippen molar-refractivity contribution >= 4 is 5.97 Å². The summed E-state index contributed by atoms with van der Waals surface area (Å²) in [5.41, 5.74) is 7.49. The molecule has 1 aliphatic rings. The van der Waals surface area contributed by atoms with E-state index in [0.29, 0.717) is 5.56 Å². The molecule has 0 amide bonds. The van der Waals surface area contributed by atoms with Gasteiger partial charge in [0.2, 0.25) is 0 Å². The van der Waals surface area contributed by atoms with Crippen molar-refractivity contribution in [2.45, 2.75) is 19.8 Å². The van der Waals surface area contributed by atoms with Gasteiger partial charge in [-0.15, -0.1) is 0 Å². The molecule has 1 aliphatic carbocycles. The molecule has 4 nitrogen and oxygen atoms in total. The van der Waals surface area contributed by atoms with Gasteiger partial charge in [-0.3, -0.25) is 4.98 Å². The smallest absolute Gasteiger partial charge is 0.338 e. The average Bonchev–Trinajstić information content (AvgIpc) is 2.88. The van der Waals surface area contributed by atoms with Crippen LogP contribution in [0.25, 0.3) is 22.5 Å². The standard InChI is InChI=1S/C20H18N2O2/c1-12-5-3-4-6-14(12)19-17(20(23)24)16-8-7-13-11-21-10-9-15(13)18(16)22(19)2/h3-6,9-11H,7-8H2,1-2H3,(H,23,24). The first kappa shape index (κ1) is 14.7. The van der Waals surface area contributed by atoms with E-state index in [1.165, 1.54) is 5.56 Å². The van der Waals surface area contributed by atoms with Crippen molar-refractivity contribution in [1.82, 2.24) is 9.55 Å². The zero-order chi connectivity index (χ0) is 16.8. The molecule has 1 N–H and O–H groups in total. The zero-order valence-corrected chi connectivity index (χ0v) is 13.7. The maximum Gasteiger partial charge on any atom is 0.338 e. The van der Waals surface area contributed by atoms with Crippen molar-refractivity contribution < 1.29 is 9.90 Å². The monoisotopic (exact) mass is 318 g/mol. The molecule has 0 aliphatic heterocycles. The SMILES string of the molecule is Cc1ccccc1-c1c(C(=O)O)c2c(n1C)-c1ccncc1CC2. The van der Waals surface area contributed by atoms with Gasteiger partial charge in [0.25, 0.3) is 0 Å². The van der Waals surface area contributed by atoms with Gasteiger partial charge in [-0.2, -0.15) is 0 Å². The van der Waals surface area contributed by atoms with Crippen LogP contribution in [0.4, 0.5) is 0 Å². The van der Waals surface area contributed by atoms with Gasteiger partial charge < -0.3 is 9.67 Å². The highest BCUT2D eigenvalue weighted by Gasteiger charge is 2.30. The number of pyridine rings is 1. The number of aryl methyl sites for hydroxylation is 2. The van der Waals surface area contributed by atoms with Crippen LogP contribution < -0.4 is 0 Å². The third kappa shape index (κ3) is 1.99. The van der Waals surface area contributed by atoms with Gasteiger partial charge in [-0.25, -0.2) is 4.79 Å². The zero-order valence-electron chi connectivity index (χ0n) is 13.7. The second-order valence-electron chi connectivity index (χ2n) is 6.26. The predicted octanol–water partition coefficient (Wildman–Crippen LogP) is 3.86. The Hall–Kier alpha value is -2.88. The number of fused-ring (bicyclic) bond motifs is 3. The Balaban J connectivity index is 2.09. The van der Waals surface area contributed by atoms with Gasteiger partial charge in [-0.1, -0.05) is 24.3 Å². The van der Waals surface area contributed by atoms with Crippen molar-refractivity contribution in [3.05, 3.63) is 65.0 Å². The molecular formula is C20H18N2O2. The van der Waals surface area contributed by atoms with Crippen molar-refractivity contribution in [2.75, 3.05) is 0 Å². The van der Waals surface area contributed by atoms with Gasteiger partial charge in [0.05, 0.1) is 17.0 Å². The van der Waals surface area contributed by atoms with Crippen LogP contribution in [0.2, 0.25) is 0 Å². The first-order chi connectivity index (χ1) is 11.6. The van der Waals surface area contributed by atoms with Crippen LogP contribution in [0.1, 0.15) is 27.0 Å². The summed E-state index contributed by atoms with van der Waals surface area (Å²) in [6.07, 6.45) is 5.22. The van der Waals surface area contributed by atoms with Crippen LogP contribution in [0.3, 0.4) is 0 Å². The summed E-state index contributed by atoms with van der Waals surface area (Å²) >= 11 is 0. The van der Waals surface area contributed by atoms with Gasteiger partial charge >= 0.3 is 5.97 Å². The summed E-state index contributed by atoms with van der Waals surface area (Å²) in [5.74, 6) is -0.859. The number of aromatic carboxylic acids is 1. The van der Waals surface area contributed by atoms with E-state index in [2.05, 4.69) is 4.98 Å². The summed E-state index contributed by atoms with van der Waals surface area (Å²) in [6.45, 7) is 2.02. The predicted molar refractivity (Wildman–Crippen MR) is 93.2 cm³/mol.